The second-order valence-corrected chi connectivity index (χ2v) is 6.07. The highest BCUT2D eigenvalue weighted by molar-refractivity contribution is 5.22. The quantitative estimate of drug-likeness (QED) is 0.801. The molecule has 2 nitrogen and oxygen atoms in total. The maximum absolute atomic E-state index is 10.4. The van der Waals surface area contributed by atoms with Gasteiger partial charge < -0.3 is 5.11 Å². The van der Waals surface area contributed by atoms with Gasteiger partial charge in [0.05, 0.1) is 6.10 Å². The van der Waals surface area contributed by atoms with Crippen molar-refractivity contribution in [2.24, 2.45) is 0 Å². The maximum atomic E-state index is 10.4. The van der Waals surface area contributed by atoms with Gasteiger partial charge in [0.1, 0.15) is 0 Å². The van der Waals surface area contributed by atoms with Crippen LogP contribution in [0.4, 0.5) is 0 Å². The second-order valence-electron chi connectivity index (χ2n) is 6.07. The molecule has 0 radical (unpaired) electrons. The zero-order valence-corrected chi connectivity index (χ0v) is 13.7. The summed E-state index contributed by atoms with van der Waals surface area (Å²) in [6.45, 7) is 6.95. The summed E-state index contributed by atoms with van der Waals surface area (Å²) in [5.74, 6) is 0. The minimum Gasteiger partial charge on any atom is -0.391 e. The van der Waals surface area contributed by atoms with E-state index in [-0.39, 0.29) is 6.10 Å². The molecule has 2 heteroatoms. The molecular weight excluding hydrogens is 270 g/mol. The lowest BCUT2D eigenvalue weighted by Crippen LogP contribution is -2.33. The Kier molecular flexibility index (Phi) is 6.63. The lowest BCUT2D eigenvalue weighted by Gasteiger charge is -2.25. The predicted molar refractivity (Wildman–Crippen MR) is 92.9 cm³/mol. The fourth-order valence-electron chi connectivity index (χ4n) is 2.87. The van der Waals surface area contributed by atoms with Crippen LogP contribution in [0.5, 0.6) is 0 Å². The summed E-state index contributed by atoms with van der Waals surface area (Å²) < 4.78 is 0. The van der Waals surface area contributed by atoms with Crippen molar-refractivity contribution < 1.29 is 5.11 Å². The number of nitrogens with zero attached hydrogens (tertiary/aromatic N) is 1. The van der Waals surface area contributed by atoms with Crippen molar-refractivity contribution in [3.63, 3.8) is 0 Å². The van der Waals surface area contributed by atoms with E-state index >= 15 is 0 Å². The van der Waals surface area contributed by atoms with E-state index in [0.29, 0.717) is 0 Å². The Morgan fingerprint density at radius 3 is 2.41 bits per heavy atom. The van der Waals surface area contributed by atoms with Gasteiger partial charge >= 0.3 is 0 Å². The first-order chi connectivity index (χ1) is 10.7. The van der Waals surface area contributed by atoms with E-state index in [1.165, 1.54) is 16.7 Å². The molecule has 1 atom stereocenters. The monoisotopic (exact) mass is 297 g/mol. The van der Waals surface area contributed by atoms with E-state index in [0.717, 1.165) is 32.5 Å². The van der Waals surface area contributed by atoms with Gasteiger partial charge in [0, 0.05) is 13.1 Å². The molecule has 0 unspecified atom stereocenters. The Morgan fingerprint density at radius 1 is 1.00 bits per heavy atom. The summed E-state index contributed by atoms with van der Waals surface area (Å²) in [5, 5.41) is 10.4. The zero-order valence-electron chi connectivity index (χ0n) is 13.7. The number of hydrogen-bond donors (Lipinski definition) is 1. The molecule has 0 fully saturated rings. The van der Waals surface area contributed by atoms with Crippen LogP contribution in [0.2, 0.25) is 0 Å². The fraction of sp³-hybridized carbons (Fsp3) is 0.400. The van der Waals surface area contributed by atoms with Crippen LogP contribution in [0.1, 0.15) is 30.0 Å². The van der Waals surface area contributed by atoms with E-state index in [1.54, 1.807) is 0 Å². The summed E-state index contributed by atoms with van der Waals surface area (Å²) in [4.78, 5) is 2.35. The largest absolute Gasteiger partial charge is 0.391 e. The molecule has 1 N–H and O–H groups in total. The molecule has 0 spiro atoms. The molecule has 2 rings (SSSR count). The number of benzene rings is 2. The van der Waals surface area contributed by atoms with Crippen molar-refractivity contribution in [1.29, 1.82) is 0 Å². The first-order valence-corrected chi connectivity index (χ1v) is 8.17. The van der Waals surface area contributed by atoms with E-state index in [1.807, 2.05) is 18.2 Å². The number of aliphatic hydroxyl groups is 1. The van der Waals surface area contributed by atoms with Crippen LogP contribution in [0.3, 0.4) is 0 Å². The van der Waals surface area contributed by atoms with Gasteiger partial charge in [-0.05, 0) is 37.4 Å². The summed E-state index contributed by atoms with van der Waals surface area (Å²) in [7, 11) is 0. The van der Waals surface area contributed by atoms with E-state index in [4.69, 9.17) is 0 Å². The van der Waals surface area contributed by atoms with Gasteiger partial charge in [-0.15, -0.1) is 0 Å². The first-order valence-electron chi connectivity index (χ1n) is 8.17. The number of hydrogen-bond acceptors (Lipinski definition) is 2. The Bertz CT molecular complexity index is 553. The Morgan fingerprint density at radius 2 is 1.73 bits per heavy atom. The number of aryl methyl sites for hydroxylation is 1. The SMILES string of the molecule is CCCN(Cc1cccc(C)c1)C[C@@H](O)Cc1ccccc1. The third-order valence-electron chi connectivity index (χ3n) is 3.81. The minimum atomic E-state index is -0.321. The van der Waals surface area contributed by atoms with Crippen LogP contribution in [-0.4, -0.2) is 29.2 Å². The molecule has 0 aromatic heterocycles. The van der Waals surface area contributed by atoms with E-state index in [9.17, 15) is 5.11 Å². The average molecular weight is 297 g/mol. The van der Waals surface area contributed by atoms with Crippen LogP contribution in [0.25, 0.3) is 0 Å². The van der Waals surface area contributed by atoms with Crippen LogP contribution in [0.15, 0.2) is 54.6 Å². The first kappa shape index (κ1) is 16.7. The molecule has 0 aliphatic carbocycles. The summed E-state index contributed by atoms with van der Waals surface area (Å²) in [5.41, 5.74) is 3.81. The van der Waals surface area contributed by atoms with Gasteiger partial charge in [0.2, 0.25) is 0 Å². The van der Waals surface area contributed by atoms with Gasteiger partial charge in [-0.3, -0.25) is 4.90 Å². The lowest BCUT2D eigenvalue weighted by molar-refractivity contribution is 0.108. The van der Waals surface area contributed by atoms with Crippen molar-refractivity contribution in [1.82, 2.24) is 4.90 Å². The fourth-order valence-corrected chi connectivity index (χ4v) is 2.87. The molecule has 0 aliphatic heterocycles. The van der Waals surface area contributed by atoms with Gasteiger partial charge in [0.25, 0.3) is 0 Å². The molecule has 0 saturated heterocycles. The van der Waals surface area contributed by atoms with Gasteiger partial charge in [-0.1, -0.05) is 67.1 Å². The molecule has 2 aromatic rings. The Labute approximate surface area is 134 Å². The highest BCUT2D eigenvalue weighted by Crippen LogP contribution is 2.10. The average Bonchev–Trinajstić information content (AvgIpc) is 2.48. The van der Waals surface area contributed by atoms with Crippen molar-refractivity contribution >= 4 is 0 Å². The van der Waals surface area contributed by atoms with Crippen molar-refractivity contribution in [2.45, 2.75) is 39.3 Å². The lowest BCUT2D eigenvalue weighted by atomic mass is 10.1. The van der Waals surface area contributed by atoms with Crippen molar-refractivity contribution in [2.75, 3.05) is 13.1 Å². The normalized spacial score (nSPS) is 12.5. The topological polar surface area (TPSA) is 23.5 Å². The molecule has 0 heterocycles. The van der Waals surface area contributed by atoms with E-state index in [2.05, 4.69) is 55.1 Å². The Hall–Kier alpha value is -1.64. The third kappa shape index (κ3) is 5.63. The highest BCUT2D eigenvalue weighted by Gasteiger charge is 2.12. The summed E-state index contributed by atoms with van der Waals surface area (Å²) in [6, 6.07) is 18.8. The van der Waals surface area contributed by atoms with Crippen LogP contribution >= 0.6 is 0 Å². The van der Waals surface area contributed by atoms with Gasteiger partial charge in [-0.2, -0.15) is 0 Å². The van der Waals surface area contributed by atoms with Crippen LogP contribution in [-0.2, 0) is 13.0 Å². The predicted octanol–water partition coefficient (Wildman–Crippen LogP) is 3.81. The summed E-state index contributed by atoms with van der Waals surface area (Å²) in [6.07, 6.45) is 1.50. The van der Waals surface area contributed by atoms with Gasteiger partial charge in [-0.25, -0.2) is 0 Å². The molecule has 0 aliphatic rings. The molecule has 0 saturated carbocycles. The Balaban J connectivity index is 1.93. The van der Waals surface area contributed by atoms with Crippen molar-refractivity contribution in [3.8, 4) is 0 Å². The standard InChI is InChI=1S/C20H27NO/c1-3-12-21(15-19-11-7-8-17(2)13-19)16-20(22)14-18-9-5-4-6-10-18/h4-11,13,20,22H,3,12,14-16H2,1-2H3/t20-/m0/s1. The molecule has 118 valence electrons. The van der Waals surface area contributed by atoms with E-state index < -0.39 is 0 Å². The minimum absolute atomic E-state index is 0.321. The highest BCUT2D eigenvalue weighted by atomic mass is 16.3. The second kappa shape index (κ2) is 8.72. The van der Waals surface area contributed by atoms with Crippen LogP contribution in [0, 0.1) is 6.92 Å². The molecular formula is C20H27NO. The molecule has 0 amide bonds. The van der Waals surface area contributed by atoms with Gasteiger partial charge in [0.15, 0.2) is 0 Å². The van der Waals surface area contributed by atoms with Crippen molar-refractivity contribution in [3.05, 3.63) is 71.3 Å². The smallest absolute Gasteiger partial charge is 0.0707 e. The molecule has 2 aromatic carbocycles. The maximum Gasteiger partial charge on any atom is 0.0707 e. The molecule has 22 heavy (non-hydrogen) atoms. The van der Waals surface area contributed by atoms with Crippen LogP contribution < -0.4 is 0 Å². The summed E-state index contributed by atoms with van der Waals surface area (Å²) >= 11 is 0. The third-order valence-corrected chi connectivity index (χ3v) is 3.81. The molecule has 0 bridgehead atoms. The number of aliphatic hydroxyl groups excluding tert-OH is 1. The zero-order chi connectivity index (χ0) is 15.8. The number of rotatable bonds is 8.